The molecule has 0 spiro atoms. The number of carbonyl (C=O) groups is 1. The highest BCUT2D eigenvalue weighted by Gasteiger charge is 2.16. The molecule has 2 heterocycles. The zero-order valence-electron chi connectivity index (χ0n) is 9.56. The summed E-state index contributed by atoms with van der Waals surface area (Å²) in [4.78, 5) is 16.3. The summed E-state index contributed by atoms with van der Waals surface area (Å²) in [7, 11) is 0. The van der Waals surface area contributed by atoms with Crippen LogP contribution in [0, 0.1) is 11.6 Å². The van der Waals surface area contributed by atoms with Gasteiger partial charge < -0.3 is 0 Å². The standard InChI is InChI=1S/C14H7F2NOS/c15-9-1-2-11(16)10(6-9)14(18)8-5-13-12(17-7-8)3-4-19-13/h1-7H. The second kappa shape index (κ2) is 4.51. The number of thiophene rings is 1. The topological polar surface area (TPSA) is 30.0 Å². The van der Waals surface area contributed by atoms with Crippen LogP contribution in [-0.4, -0.2) is 10.8 Å². The van der Waals surface area contributed by atoms with Gasteiger partial charge in [0, 0.05) is 11.8 Å². The summed E-state index contributed by atoms with van der Waals surface area (Å²) >= 11 is 1.44. The number of pyridine rings is 1. The summed E-state index contributed by atoms with van der Waals surface area (Å²) in [5, 5.41) is 1.86. The Morgan fingerprint density at radius 1 is 1.16 bits per heavy atom. The Morgan fingerprint density at radius 3 is 2.84 bits per heavy atom. The van der Waals surface area contributed by atoms with Crippen LogP contribution in [0.2, 0.25) is 0 Å². The molecular formula is C14H7F2NOS. The second-order valence-corrected chi connectivity index (χ2v) is 4.93. The molecule has 3 rings (SSSR count). The summed E-state index contributed by atoms with van der Waals surface area (Å²) in [6.45, 7) is 0. The molecule has 3 aromatic rings. The van der Waals surface area contributed by atoms with Crippen LogP contribution in [0.25, 0.3) is 10.2 Å². The molecule has 0 unspecified atom stereocenters. The molecule has 1 aromatic carbocycles. The van der Waals surface area contributed by atoms with Gasteiger partial charge in [-0.25, -0.2) is 8.78 Å². The van der Waals surface area contributed by atoms with Gasteiger partial charge in [-0.05, 0) is 35.7 Å². The van der Waals surface area contributed by atoms with Crippen molar-refractivity contribution in [3.8, 4) is 0 Å². The summed E-state index contributed by atoms with van der Waals surface area (Å²) < 4.78 is 27.5. The summed E-state index contributed by atoms with van der Waals surface area (Å²) in [5.41, 5.74) is 0.749. The molecule has 0 bridgehead atoms. The second-order valence-electron chi connectivity index (χ2n) is 3.98. The summed E-state index contributed by atoms with van der Waals surface area (Å²) in [6.07, 6.45) is 1.38. The van der Waals surface area contributed by atoms with Crippen LogP contribution in [0.3, 0.4) is 0 Å². The Kier molecular flexibility index (Phi) is 2.83. The first-order valence-corrected chi connectivity index (χ1v) is 6.36. The fourth-order valence-corrected chi connectivity index (χ4v) is 2.58. The molecule has 0 fully saturated rings. The first-order valence-electron chi connectivity index (χ1n) is 5.48. The molecule has 0 aliphatic carbocycles. The van der Waals surface area contributed by atoms with E-state index in [4.69, 9.17) is 0 Å². The molecule has 0 saturated carbocycles. The average Bonchev–Trinajstić information content (AvgIpc) is 2.88. The van der Waals surface area contributed by atoms with Gasteiger partial charge in [-0.1, -0.05) is 0 Å². The van der Waals surface area contributed by atoms with Crippen molar-refractivity contribution in [2.45, 2.75) is 0 Å². The third kappa shape index (κ3) is 2.13. The van der Waals surface area contributed by atoms with E-state index in [1.165, 1.54) is 17.5 Å². The van der Waals surface area contributed by atoms with Crippen molar-refractivity contribution in [2.75, 3.05) is 0 Å². The minimum absolute atomic E-state index is 0.249. The smallest absolute Gasteiger partial charge is 0.197 e. The van der Waals surface area contributed by atoms with Gasteiger partial charge in [0.2, 0.25) is 0 Å². The maximum atomic E-state index is 13.6. The quantitative estimate of drug-likeness (QED) is 0.666. The predicted molar refractivity (Wildman–Crippen MR) is 69.4 cm³/mol. The number of hydrogen-bond donors (Lipinski definition) is 0. The van der Waals surface area contributed by atoms with Gasteiger partial charge in [-0.15, -0.1) is 11.3 Å². The van der Waals surface area contributed by atoms with Crippen molar-refractivity contribution in [1.29, 1.82) is 0 Å². The highest BCUT2D eigenvalue weighted by atomic mass is 32.1. The number of halogens is 2. The minimum atomic E-state index is -0.738. The first-order chi connectivity index (χ1) is 9.15. The van der Waals surface area contributed by atoms with Gasteiger partial charge in [-0.3, -0.25) is 9.78 Å². The van der Waals surface area contributed by atoms with Crippen LogP contribution in [0.1, 0.15) is 15.9 Å². The SMILES string of the molecule is O=C(c1cnc2ccsc2c1)c1cc(F)ccc1F. The van der Waals surface area contributed by atoms with Gasteiger partial charge >= 0.3 is 0 Å². The van der Waals surface area contributed by atoms with Crippen molar-refractivity contribution in [1.82, 2.24) is 4.98 Å². The summed E-state index contributed by atoms with van der Waals surface area (Å²) in [6, 6.07) is 6.29. The molecule has 0 aliphatic rings. The molecule has 2 nitrogen and oxygen atoms in total. The van der Waals surface area contributed by atoms with Crippen molar-refractivity contribution >= 4 is 27.3 Å². The number of hydrogen-bond acceptors (Lipinski definition) is 3. The van der Waals surface area contributed by atoms with Crippen molar-refractivity contribution in [3.63, 3.8) is 0 Å². The van der Waals surface area contributed by atoms with E-state index >= 15 is 0 Å². The molecule has 0 N–H and O–H groups in total. The molecule has 0 radical (unpaired) electrons. The maximum Gasteiger partial charge on any atom is 0.197 e. The predicted octanol–water partition coefficient (Wildman–Crippen LogP) is 3.81. The average molecular weight is 275 g/mol. The number of nitrogens with zero attached hydrogens (tertiary/aromatic N) is 1. The number of ketones is 1. The van der Waals surface area contributed by atoms with Crippen molar-refractivity contribution in [2.24, 2.45) is 0 Å². The minimum Gasteiger partial charge on any atom is -0.288 e. The van der Waals surface area contributed by atoms with Gasteiger partial charge in [0.25, 0.3) is 0 Å². The van der Waals surface area contributed by atoms with Crippen molar-refractivity contribution < 1.29 is 13.6 Å². The number of carbonyl (C=O) groups excluding carboxylic acids is 1. The van der Waals surface area contributed by atoms with Gasteiger partial charge in [0.05, 0.1) is 15.8 Å². The van der Waals surface area contributed by atoms with Gasteiger partial charge in [-0.2, -0.15) is 0 Å². The fourth-order valence-electron chi connectivity index (χ4n) is 1.80. The van der Waals surface area contributed by atoms with Crippen LogP contribution in [0.15, 0.2) is 41.9 Å². The van der Waals surface area contributed by atoms with E-state index in [0.29, 0.717) is 0 Å². The van der Waals surface area contributed by atoms with E-state index in [-0.39, 0.29) is 11.1 Å². The number of aromatic nitrogens is 1. The molecular weight excluding hydrogens is 268 g/mol. The maximum absolute atomic E-state index is 13.6. The number of benzene rings is 1. The third-order valence-electron chi connectivity index (χ3n) is 2.74. The van der Waals surface area contributed by atoms with E-state index in [0.717, 1.165) is 28.4 Å². The Hall–Kier alpha value is -2.14. The molecule has 94 valence electrons. The van der Waals surface area contributed by atoms with Crippen LogP contribution in [-0.2, 0) is 0 Å². The van der Waals surface area contributed by atoms with Gasteiger partial charge in [0.1, 0.15) is 11.6 Å². The lowest BCUT2D eigenvalue weighted by Gasteiger charge is -2.03. The third-order valence-corrected chi connectivity index (χ3v) is 3.59. The Bertz CT molecular complexity index is 782. The van der Waals surface area contributed by atoms with E-state index in [2.05, 4.69) is 4.98 Å². The fraction of sp³-hybridized carbons (Fsp3) is 0. The van der Waals surface area contributed by atoms with Crippen LogP contribution < -0.4 is 0 Å². The number of rotatable bonds is 2. The summed E-state index contributed by atoms with van der Waals surface area (Å²) in [5.74, 6) is -1.95. The zero-order valence-corrected chi connectivity index (χ0v) is 10.4. The van der Waals surface area contributed by atoms with Crippen molar-refractivity contribution in [3.05, 3.63) is 64.7 Å². The van der Waals surface area contributed by atoms with E-state index < -0.39 is 17.4 Å². The zero-order chi connectivity index (χ0) is 13.4. The highest BCUT2D eigenvalue weighted by Crippen LogP contribution is 2.22. The molecule has 0 atom stereocenters. The molecule has 19 heavy (non-hydrogen) atoms. The van der Waals surface area contributed by atoms with E-state index in [1.54, 1.807) is 6.07 Å². The number of fused-ring (bicyclic) bond motifs is 1. The monoisotopic (exact) mass is 275 g/mol. The van der Waals surface area contributed by atoms with Gasteiger partial charge in [0.15, 0.2) is 5.78 Å². The highest BCUT2D eigenvalue weighted by molar-refractivity contribution is 7.17. The van der Waals surface area contributed by atoms with Crippen LogP contribution in [0.5, 0.6) is 0 Å². The van der Waals surface area contributed by atoms with E-state index in [1.807, 2.05) is 11.4 Å². The van der Waals surface area contributed by atoms with E-state index in [9.17, 15) is 13.6 Å². The Labute approximate surface area is 111 Å². The molecule has 5 heteroatoms. The normalized spacial score (nSPS) is 10.8. The van der Waals surface area contributed by atoms with Crippen LogP contribution >= 0.6 is 11.3 Å². The Morgan fingerprint density at radius 2 is 2.00 bits per heavy atom. The molecule has 2 aromatic heterocycles. The lowest BCUT2D eigenvalue weighted by molar-refractivity contribution is 0.103. The largest absolute Gasteiger partial charge is 0.288 e. The lowest BCUT2D eigenvalue weighted by atomic mass is 10.0. The molecule has 0 amide bonds. The molecule has 0 saturated heterocycles. The Balaban J connectivity index is 2.09. The molecule has 0 aliphatic heterocycles. The lowest BCUT2D eigenvalue weighted by Crippen LogP contribution is -2.05. The first kappa shape index (κ1) is 11.9. The van der Waals surface area contributed by atoms with Crippen LogP contribution in [0.4, 0.5) is 8.78 Å².